The van der Waals surface area contributed by atoms with E-state index >= 15 is 0 Å². The number of halogens is 2. The molecule has 0 saturated carbocycles. The first-order valence-corrected chi connectivity index (χ1v) is 8.29. The van der Waals surface area contributed by atoms with Crippen molar-refractivity contribution in [3.63, 3.8) is 0 Å². The number of esters is 1. The number of carbonyl (C=O) groups excluding carboxylic acids is 1. The van der Waals surface area contributed by atoms with Crippen molar-refractivity contribution >= 4 is 34.7 Å². The van der Waals surface area contributed by atoms with Crippen LogP contribution in [-0.4, -0.2) is 37.6 Å². The zero-order valence-electron chi connectivity index (χ0n) is 12.9. The Kier molecular flexibility index (Phi) is 6.30. The number of benzene rings is 1. The van der Waals surface area contributed by atoms with E-state index in [-0.39, 0.29) is 11.9 Å². The van der Waals surface area contributed by atoms with Crippen molar-refractivity contribution in [2.45, 2.75) is 19.8 Å². The van der Waals surface area contributed by atoms with Crippen LogP contribution in [0.25, 0.3) is 5.57 Å². The lowest BCUT2D eigenvalue weighted by molar-refractivity contribution is -0.137. The van der Waals surface area contributed by atoms with Crippen molar-refractivity contribution in [3.8, 4) is 0 Å². The molecular formula is C17H21Cl2NO2. The molecule has 22 heavy (non-hydrogen) atoms. The lowest BCUT2D eigenvalue weighted by atomic mass is 9.85. The molecule has 1 aliphatic heterocycles. The van der Waals surface area contributed by atoms with E-state index in [9.17, 15) is 4.79 Å². The Morgan fingerprint density at radius 3 is 2.68 bits per heavy atom. The number of likely N-dealkylation sites (tertiary alicyclic amines) is 1. The predicted octanol–water partition coefficient (Wildman–Crippen LogP) is 4.28. The summed E-state index contributed by atoms with van der Waals surface area (Å²) in [4.78, 5) is 14.2. The van der Waals surface area contributed by atoms with Gasteiger partial charge in [0.2, 0.25) is 0 Å². The third kappa shape index (κ3) is 4.48. The minimum atomic E-state index is -0.326. The minimum Gasteiger partial charge on any atom is -0.463 e. The molecule has 0 atom stereocenters. The third-order valence-corrected chi connectivity index (χ3v) is 4.52. The number of hydrogen-bond acceptors (Lipinski definition) is 3. The average molecular weight is 342 g/mol. The fourth-order valence-electron chi connectivity index (χ4n) is 2.76. The van der Waals surface area contributed by atoms with Crippen LogP contribution in [0.4, 0.5) is 0 Å². The topological polar surface area (TPSA) is 29.5 Å². The van der Waals surface area contributed by atoms with E-state index in [1.165, 1.54) is 0 Å². The lowest BCUT2D eigenvalue weighted by Crippen LogP contribution is -2.30. The van der Waals surface area contributed by atoms with Crippen LogP contribution < -0.4 is 0 Å². The Hall–Kier alpha value is -1.03. The monoisotopic (exact) mass is 341 g/mol. The number of piperidine rings is 1. The van der Waals surface area contributed by atoms with Crippen LogP contribution in [0.5, 0.6) is 0 Å². The highest BCUT2D eigenvalue weighted by Crippen LogP contribution is 2.36. The highest BCUT2D eigenvalue weighted by atomic mass is 35.5. The Morgan fingerprint density at radius 1 is 1.36 bits per heavy atom. The summed E-state index contributed by atoms with van der Waals surface area (Å²) in [5.74, 6) is -0.0379. The van der Waals surface area contributed by atoms with Gasteiger partial charge in [0.05, 0.1) is 6.61 Å². The molecule has 0 unspecified atom stereocenters. The highest BCUT2D eigenvalue weighted by molar-refractivity contribution is 6.34. The van der Waals surface area contributed by atoms with Crippen LogP contribution in [0.15, 0.2) is 24.3 Å². The van der Waals surface area contributed by atoms with Crippen LogP contribution >= 0.6 is 23.2 Å². The van der Waals surface area contributed by atoms with E-state index in [0.29, 0.717) is 16.7 Å². The molecule has 3 nitrogen and oxygen atoms in total. The molecule has 1 aliphatic rings. The van der Waals surface area contributed by atoms with E-state index in [1.54, 1.807) is 25.1 Å². The smallest absolute Gasteiger partial charge is 0.331 e. The molecule has 0 amide bonds. The first kappa shape index (κ1) is 17.3. The summed E-state index contributed by atoms with van der Waals surface area (Å²) in [7, 11) is 2.11. The van der Waals surface area contributed by atoms with Gasteiger partial charge in [0.1, 0.15) is 0 Å². The second-order valence-electron chi connectivity index (χ2n) is 5.55. The normalized spacial score (nSPS) is 17.5. The largest absolute Gasteiger partial charge is 0.463 e. The standard InChI is InChI=1S/C17H21Cl2NO2/c1-3-22-17(21)11-14(12-6-8-20(2)9-7-12)15-10-13(18)4-5-16(15)19/h4-5,10-12H,3,6-9H2,1-2H3/b14-11+. The van der Waals surface area contributed by atoms with Crippen LogP contribution in [0.2, 0.25) is 10.0 Å². The molecule has 120 valence electrons. The maximum Gasteiger partial charge on any atom is 0.331 e. The minimum absolute atomic E-state index is 0.288. The highest BCUT2D eigenvalue weighted by Gasteiger charge is 2.24. The molecule has 2 rings (SSSR count). The number of hydrogen-bond donors (Lipinski definition) is 0. The zero-order chi connectivity index (χ0) is 16.1. The van der Waals surface area contributed by atoms with E-state index < -0.39 is 0 Å². The molecular weight excluding hydrogens is 321 g/mol. The Balaban J connectivity index is 2.36. The summed E-state index contributed by atoms with van der Waals surface area (Å²) in [6, 6.07) is 5.35. The van der Waals surface area contributed by atoms with Gasteiger partial charge in [-0.3, -0.25) is 0 Å². The molecule has 1 fully saturated rings. The quantitative estimate of drug-likeness (QED) is 0.604. The van der Waals surface area contributed by atoms with E-state index in [4.69, 9.17) is 27.9 Å². The maximum absolute atomic E-state index is 11.9. The van der Waals surface area contributed by atoms with E-state index in [1.807, 2.05) is 6.07 Å². The zero-order valence-corrected chi connectivity index (χ0v) is 14.5. The van der Waals surface area contributed by atoms with Gasteiger partial charge < -0.3 is 9.64 Å². The van der Waals surface area contributed by atoms with Gasteiger partial charge in [0.15, 0.2) is 0 Å². The van der Waals surface area contributed by atoms with Gasteiger partial charge in [-0.25, -0.2) is 4.79 Å². The van der Waals surface area contributed by atoms with Gasteiger partial charge in [0, 0.05) is 16.1 Å². The average Bonchev–Trinajstić information content (AvgIpc) is 2.49. The molecule has 0 radical (unpaired) electrons. The van der Waals surface area contributed by atoms with Gasteiger partial charge in [0.25, 0.3) is 0 Å². The van der Waals surface area contributed by atoms with E-state index in [2.05, 4.69) is 11.9 Å². The first-order valence-electron chi connectivity index (χ1n) is 7.53. The molecule has 5 heteroatoms. The van der Waals surface area contributed by atoms with Gasteiger partial charge in [-0.05, 0) is 75.2 Å². The molecule has 1 aromatic carbocycles. The third-order valence-electron chi connectivity index (χ3n) is 3.96. The summed E-state index contributed by atoms with van der Waals surface area (Å²) in [6.45, 7) is 4.17. The molecule has 1 heterocycles. The SMILES string of the molecule is CCOC(=O)/C=C(/c1cc(Cl)ccc1Cl)C1CCN(C)CC1. The Bertz CT molecular complexity index is 564. The lowest BCUT2D eigenvalue weighted by Gasteiger charge is -2.31. The second-order valence-corrected chi connectivity index (χ2v) is 6.40. The first-order chi connectivity index (χ1) is 10.5. The molecule has 1 aromatic rings. The van der Waals surface area contributed by atoms with Gasteiger partial charge >= 0.3 is 5.97 Å². The predicted molar refractivity (Wildman–Crippen MR) is 91.3 cm³/mol. The summed E-state index contributed by atoms with van der Waals surface area (Å²) >= 11 is 12.4. The molecule has 0 aliphatic carbocycles. The molecule has 1 saturated heterocycles. The van der Waals surface area contributed by atoms with Crippen LogP contribution in [0.1, 0.15) is 25.3 Å². The fraction of sp³-hybridized carbons (Fsp3) is 0.471. The van der Waals surface area contributed by atoms with Crippen molar-refractivity contribution < 1.29 is 9.53 Å². The van der Waals surface area contributed by atoms with Crippen molar-refractivity contribution in [2.75, 3.05) is 26.7 Å². The van der Waals surface area contributed by atoms with Gasteiger partial charge in [-0.1, -0.05) is 23.2 Å². The summed E-state index contributed by atoms with van der Waals surface area (Å²) in [6.07, 6.45) is 3.56. The number of carbonyl (C=O) groups is 1. The van der Waals surface area contributed by atoms with Crippen LogP contribution in [0, 0.1) is 5.92 Å². The fourth-order valence-corrected chi connectivity index (χ4v) is 3.16. The van der Waals surface area contributed by atoms with Crippen molar-refractivity contribution in [3.05, 3.63) is 39.9 Å². The summed E-state index contributed by atoms with van der Waals surface area (Å²) in [5, 5.41) is 1.22. The molecule has 0 spiro atoms. The van der Waals surface area contributed by atoms with Gasteiger partial charge in [-0.2, -0.15) is 0 Å². The number of ether oxygens (including phenoxy) is 1. The van der Waals surface area contributed by atoms with E-state index in [0.717, 1.165) is 37.1 Å². The number of rotatable bonds is 4. The maximum atomic E-state index is 11.9. The van der Waals surface area contributed by atoms with Crippen LogP contribution in [0.3, 0.4) is 0 Å². The Morgan fingerprint density at radius 2 is 2.05 bits per heavy atom. The van der Waals surface area contributed by atoms with Gasteiger partial charge in [-0.15, -0.1) is 0 Å². The van der Waals surface area contributed by atoms with Crippen LogP contribution in [-0.2, 0) is 9.53 Å². The van der Waals surface area contributed by atoms with Crippen molar-refractivity contribution in [1.29, 1.82) is 0 Å². The number of nitrogens with zero attached hydrogens (tertiary/aromatic N) is 1. The molecule has 0 N–H and O–H groups in total. The molecule has 0 aromatic heterocycles. The second kappa shape index (κ2) is 8.00. The number of allylic oxidation sites excluding steroid dienone is 1. The molecule has 0 bridgehead atoms. The summed E-state index contributed by atoms with van der Waals surface area (Å²) in [5.41, 5.74) is 1.76. The summed E-state index contributed by atoms with van der Waals surface area (Å²) < 4.78 is 5.07. The Labute approximate surface area is 141 Å². The van der Waals surface area contributed by atoms with Crippen molar-refractivity contribution in [1.82, 2.24) is 4.90 Å². The van der Waals surface area contributed by atoms with Crippen molar-refractivity contribution in [2.24, 2.45) is 5.92 Å².